The summed E-state index contributed by atoms with van der Waals surface area (Å²) in [5, 5.41) is 7.38. The Morgan fingerprint density at radius 1 is 1.15 bits per heavy atom. The van der Waals surface area contributed by atoms with E-state index >= 15 is 0 Å². The van der Waals surface area contributed by atoms with E-state index in [1.165, 1.54) is 12.1 Å². The maximum atomic E-state index is 13.1. The Morgan fingerprint density at radius 3 is 2.63 bits per heavy atom. The lowest BCUT2D eigenvalue weighted by Gasteiger charge is -2.20. The van der Waals surface area contributed by atoms with E-state index in [1.807, 2.05) is 0 Å². The van der Waals surface area contributed by atoms with Gasteiger partial charge in [0.1, 0.15) is 11.5 Å². The van der Waals surface area contributed by atoms with Gasteiger partial charge in [-0.3, -0.25) is 14.3 Å². The fourth-order valence-electron chi connectivity index (χ4n) is 3.84. The van der Waals surface area contributed by atoms with Gasteiger partial charge >= 0.3 is 0 Å². The van der Waals surface area contributed by atoms with Gasteiger partial charge in [0, 0.05) is 31.7 Å². The predicted molar refractivity (Wildman–Crippen MR) is 97.7 cm³/mol. The van der Waals surface area contributed by atoms with Crippen LogP contribution in [0, 0.1) is 5.82 Å². The molecular weight excluding hydrogens is 347 g/mol. The van der Waals surface area contributed by atoms with E-state index in [9.17, 15) is 14.0 Å². The van der Waals surface area contributed by atoms with Crippen molar-refractivity contribution in [3.05, 3.63) is 53.1 Å². The quantitative estimate of drug-likeness (QED) is 0.900. The molecule has 2 aromatic rings. The monoisotopic (exact) mass is 370 g/mol. The van der Waals surface area contributed by atoms with Crippen LogP contribution in [0.15, 0.2) is 30.3 Å². The zero-order valence-corrected chi connectivity index (χ0v) is 15.2. The standard InChI is InChI=1S/C20H23FN4O2/c21-15-8-6-14(7-9-15)13-24-10-3-11-25-18(20(24)27)12-17(23-25)19(26)22-16-4-1-2-5-16/h6-9,12,16H,1-5,10-11,13H2,(H,22,26). The van der Waals surface area contributed by atoms with Crippen LogP contribution in [-0.4, -0.2) is 39.1 Å². The molecule has 6 nitrogen and oxygen atoms in total. The zero-order chi connectivity index (χ0) is 18.8. The second kappa shape index (κ2) is 7.50. The topological polar surface area (TPSA) is 67.2 Å². The van der Waals surface area contributed by atoms with Crippen molar-refractivity contribution in [3.8, 4) is 0 Å². The number of carbonyl (C=O) groups is 2. The number of fused-ring (bicyclic) bond motifs is 1. The molecule has 1 N–H and O–H groups in total. The molecule has 1 aliphatic carbocycles. The van der Waals surface area contributed by atoms with Gasteiger partial charge in [0.25, 0.3) is 11.8 Å². The van der Waals surface area contributed by atoms with E-state index < -0.39 is 0 Å². The Labute approximate surface area is 157 Å². The number of nitrogens with one attached hydrogen (secondary N) is 1. The van der Waals surface area contributed by atoms with Crippen LogP contribution in [0.4, 0.5) is 4.39 Å². The summed E-state index contributed by atoms with van der Waals surface area (Å²) < 4.78 is 14.7. The van der Waals surface area contributed by atoms with Crippen molar-refractivity contribution < 1.29 is 14.0 Å². The van der Waals surface area contributed by atoms with Gasteiger partial charge in [-0.15, -0.1) is 0 Å². The van der Waals surface area contributed by atoms with Gasteiger partial charge in [-0.05, 0) is 37.0 Å². The Balaban J connectivity index is 1.50. The van der Waals surface area contributed by atoms with Gasteiger partial charge in [0.2, 0.25) is 0 Å². The average Bonchev–Trinajstić information content (AvgIpc) is 3.29. The molecule has 0 spiro atoms. The predicted octanol–water partition coefficient (Wildman–Crippen LogP) is 2.74. The number of aryl methyl sites for hydroxylation is 1. The number of hydrogen-bond donors (Lipinski definition) is 1. The van der Waals surface area contributed by atoms with E-state index in [2.05, 4.69) is 10.4 Å². The van der Waals surface area contributed by atoms with Gasteiger partial charge in [-0.1, -0.05) is 25.0 Å². The van der Waals surface area contributed by atoms with Crippen LogP contribution in [0.5, 0.6) is 0 Å². The van der Waals surface area contributed by atoms with Crippen LogP contribution in [0.3, 0.4) is 0 Å². The minimum absolute atomic E-state index is 0.149. The molecule has 27 heavy (non-hydrogen) atoms. The van der Waals surface area contributed by atoms with Crippen LogP contribution < -0.4 is 5.32 Å². The summed E-state index contributed by atoms with van der Waals surface area (Å²) in [7, 11) is 0. The number of halogens is 1. The number of benzene rings is 1. The van der Waals surface area contributed by atoms with Gasteiger partial charge in [0.05, 0.1) is 0 Å². The highest BCUT2D eigenvalue weighted by atomic mass is 19.1. The fraction of sp³-hybridized carbons (Fsp3) is 0.450. The molecule has 1 aromatic heterocycles. The second-order valence-corrected chi connectivity index (χ2v) is 7.30. The van der Waals surface area contributed by atoms with Gasteiger partial charge < -0.3 is 10.2 Å². The molecule has 0 radical (unpaired) electrons. The summed E-state index contributed by atoms with van der Waals surface area (Å²) in [6.07, 6.45) is 5.04. The smallest absolute Gasteiger partial charge is 0.272 e. The molecule has 2 aliphatic rings. The highest BCUT2D eigenvalue weighted by Gasteiger charge is 2.27. The number of amides is 2. The molecule has 7 heteroatoms. The first-order chi connectivity index (χ1) is 13.1. The van der Waals surface area contributed by atoms with E-state index in [0.29, 0.717) is 31.0 Å². The lowest BCUT2D eigenvalue weighted by Crippen LogP contribution is -2.33. The molecule has 1 saturated carbocycles. The van der Waals surface area contributed by atoms with Gasteiger partial charge in [-0.25, -0.2) is 4.39 Å². The summed E-state index contributed by atoms with van der Waals surface area (Å²) in [5.74, 6) is -0.651. The molecule has 0 atom stereocenters. The van der Waals surface area contributed by atoms with Crippen LogP contribution >= 0.6 is 0 Å². The summed E-state index contributed by atoms with van der Waals surface area (Å²) >= 11 is 0. The van der Waals surface area contributed by atoms with Crippen LogP contribution in [0.2, 0.25) is 0 Å². The lowest BCUT2D eigenvalue weighted by molar-refractivity contribution is 0.0745. The van der Waals surface area contributed by atoms with E-state index in [-0.39, 0.29) is 23.7 Å². The van der Waals surface area contributed by atoms with Crippen molar-refractivity contribution in [2.45, 2.75) is 51.2 Å². The third-order valence-electron chi connectivity index (χ3n) is 5.29. The van der Waals surface area contributed by atoms with Crippen molar-refractivity contribution in [1.29, 1.82) is 0 Å². The highest BCUT2D eigenvalue weighted by molar-refractivity contribution is 5.98. The van der Waals surface area contributed by atoms with Crippen molar-refractivity contribution in [3.63, 3.8) is 0 Å². The molecule has 0 unspecified atom stereocenters. The first-order valence-electron chi connectivity index (χ1n) is 9.52. The summed E-state index contributed by atoms with van der Waals surface area (Å²) in [4.78, 5) is 27.1. The number of aromatic nitrogens is 2. The fourth-order valence-corrected chi connectivity index (χ4v) is 3.84. The third kappa shape index (κ3) is 3.86. The Kier molecular flexibility index (Phi) is 4.92. The van der Waals surface area contributed by atoms with Gasteiger partial charge in [0.15, 0.2) is 5.69 Å². The summed E-state index contributed by atoms with van der Waals surface area (Å²) in [5.41, 5.74) is 1.61. The molecule has 1 aromatic carbocycles. The lowest BCUT2D eigenvalue weighted by atomic mass is 10.2. The number of carbonyl (C=O) groups excluding carboxylic acids is 2. The third-order valence-corrected chi connectivity index (χ3v) is 5.29. The first-order valence-corrected chi connectivity index (χ1v) is 9.52. The minimum Gasteiger partial charge on any atom is -0.348 e. The summed E-state index contributed by atoms with van der Waals surface area (Å²) in [6.45, 7) is 1.61. The molecule has 1 aliphatic heterocycles. The SMILES string of the molecule is O=C(NC1CCCC1)c1cc2n(n1)CCCN(Cc1ccc(F)cc1)C2=O. The van der Waals surface area contributed by atoms with Crippen molar-refractivity contribution in [2.24, 2.45) is 0 Å². The highest BCUT2D eigenvalue weighted by Crippen LogP contribution is 2.20. The van der Waals surface area contributed by atoms with E-state index in [4.69, 9.17) is 0 Å². The van der Waals surface area contributed by atoms with Crippen molar-refractivity contribution in [2.75, 3.05) is 6.54 Å². The van der Waals surface area contributed by atoms with Crippen LogP contribution in [0.25, 0.3) is 0 Å². The Bertz CT molecular complexity index is 840. The van der Waals surface area contributed by atoms with Gasteiger partial charge in [-0.2, -0.15) is 5.10 Å². The Hall–Kier alpha value is -2.70. The number of nitrogens with zero attached hydrogens (tertiary/aromatic N) is 3. The maximum absolute atomic E-state index is 13.1. The average molecular weight is 370 g/mol. The normalized spacial score (nSPS) is 17.7. The van der Waals surface area contributed by atoms with Crippen molar-refractivity contribution in [1.82, 2.24) is 20.0 Å². The minimum atomic E-state index is -0.295. The van der Waals surface area contributed by atoms with E-state index in [1.54, 1.807) is 27.8 Å². The maximum Gasteiger partial charge on any atom is 0.272 e. The number of hydrogen-bond acceptors (Lipinski definition) is 3. The molecule has 142 valence electrons. The molecule has 0 bridgehead atoms. The Morgan fingerprint density at radius 2 is 1.89 bits per heavy atom. The first kappa shape index (κ1) is 17.7. The largest absolute Gasteiger partial charge is 0.348 e. The molecule has 2 amide bonds. The van der Waals surface area contributed by atoms with Crippen LogP contribution in [-0.2, 0) is 13.1 Å². The number of rotatable bonds is 4. The summed E-state index contributed by atoms with van der Waals surface area (Å²) in [6, 6.07) is 7.97. The second-order valence-electron chi connectivity index (χ2n) is 7.30. The zero-order valence-electron chi connectivity index (χ0n) is 15.2. The molecule has 1 fully saturated rings. The van der Waals surface area contributed by atoms with Crippen molar-refractivity contribution >= 4 is 11.8 Å². The molecular formula is C20H23FN4O2. The molecule has 4 rings (SSSR count). The van der Waals surface area contributed by atoms with E-state index in [0.717, 1.165) is 37.7 Å². The van der Waals surface area contributed by atoms with Crippen LogP contribution in [0.1, 0.15) is 58.6 Å². The molecule has 2 heterocycles. The molecule has 0 saturated heterocycles.